The molecule has 1 amide bonds. The second-order valence-corrected chi connectivity index (χ2v) is 3.67. The Morgan fingerprint density at radius 3 is 2.76 bits per heavy atom. The van der Waals surface area contributed by atoms with Crippen LogP contribution in [0.25, 0.3) is 0 Å². The fourth-order valence-electron chi connectivity index (χ4n) is 1.72. The number of hydrogen-bond acceptors (Lipinski definition) is 3. The maximum Gasteiger partial charge on any atom is 0.493 e. The van der Waals surface area contributed by atoms with E-state index in [1.54, 1.807) is 18.2 Å². The fraction of sp³-hybridized carbons (Fsp3) is 0.400. The molecule has 1 aliphatic heterocycles. The third-order valence-corrected chi connectivity index (χ3v) is 2.51. The van der Waals surface area contributed by atoms with Gasteiger partial charge in [0.2, 0.25) is 0 Å². The highest BCUT2D eigenvalue weighted by Gasteiger charge is 2.46. The van der Waals surface area contributed by atoms with Crippen molar-refractivity contribution >= 4 is 11.9 Å². The molecule has 0 bridgehead atoms. The summed E-state index contributed by atoms with van der Waals surface area (Å²) < 4.78 is 35.9. The number of hydrogen-bond donors (Lipinski definition) is 0. The van der Waals surface area contributed by atoms with Gasteiger partial charge < -0.3 is 4.84 Å². The van der Waals surface area contributed by atoms with Crippen LogP contribution in [0.15, 0.2) is 23.8 Å². The van der Waals surface area contributed by atoms with Crippen LogP contribution in [0.2, 0.25) is 0 Å². The predicted octanol–water partition coefficient (Wildman–Crippen LogP) is 1.35. The quantitative estimate of drug-likeness (QED) is 0.657. The molecule has 17 heavy (non-hydrogen) atoms. The first-order valence-corrected chi connectivity index (χ1v) is 4.85. The molecule has 0 radical (unpaired) electrons. The lowest BCUT2D eigenvalue weighted by Crippen LogP contribution is -2.36. The molecular weight excluding hydrogens is 239 g/mol. The van der Waals surface area contributed by atoms with Crippen molar-refractivity contribution in [3.63, 3.8) is 0 Å². The summed E-state index contributed by atoms with van der Waals surface area (Å²) in [6, 6.07) is 0. The van der Waals surface area contributed by atoms with Crippen LogP contribution in [-0.2, 0) is 14.4 Å². The first kappa shape index (κ1) is 11.7. The molecule has 2 aliphatic rings. The smallest absolute Gasteiger partial charge is 0.329 e. The number of carbonyl (C=O) groups excluding carboxylic acids is 2. The lowest BCUT2D eigenvalue weighted by Gasteiger charge is -2.15. The second kappa shape index (κ2) is 3.90. The van der Waals surface area contributed by atoms with Crippen LogP contribution in [-0.4, -0.2) is 29.7 Å². The molecule has 0 aromatic rings. The summed E-state index contributed by atoms with van der Waals surface area (Å²) in [5.41, 5.74) is 0.660. The summed E-state index contributed by atoms with van der Waals surface area (Å²) in [6.45, 7) is -0.102. The third-order valence-electron chi connectivity index (χ3n) is 2.51. The van der Waals surface area contributed by atoms with Crippen LogP contribution >= 0.6 is 0 Å². The number of alkyl halides is 3. The maximum absolute atomic E-state index is 12.0. The highest BCUT2D eigenvalue weighted by molar-refractivity contribution is 5.88. The van der Waals surface area contributed by atoms with Crippen LogP contribution in [0.5, 0.6) is 0 Å². The maximum atomic E-state index is 12.0. The Bertz CT molecular complexity index is 425. The van der Waals surface area contributed by atoms with E-state index in [4.69, 9.17) is 0 Å². The van der Waals surface area contributed by atoms with Gasteiger partial charge in [-0.1, -0.05) is 18.2 Å². The normalized spacial score (nSPS) is 23.5. The van der Waals surface area contributed by atoms with Gasteiger partial charge in [-0.05, 0) is 12.0 Å². The summed E-state index contributed by atoms with van der Waals surface area (Å²) in [5, 5.41) is 0.460. The van der Waals surface area contributed by atoms with Gasteiger partial charge in [-0.15, -0.1) is 0 Å². The standard InChI is InChI=1S/C10H8F3NO3/c11-10(12,13)9(16)17-14-5-6-3-1-2-4-7(6)8(14)15/h2-4,7H,1,5H2. The van der Waals surface area contributed by atoms with E-state index < -0.39 is 24.0 Å². The second-order valence-electron chi connectivity index (χ2n) is 3.67. The van der Waals surface area contributed by atoms with Gasteiger partial charge in [-0.3, -0.25) is 4.79 Å². The third kappa shape index (κ3) is 2.17. The number of amides is 1. The van der Waals surface area contributed by atoms with Crippen molar-refractivity contribution in [2.75, 3.05) is 6.54 Å². The van der Waals surface area contributed by atoms with Crippen molar-refractivity contribution in [2.45, 2.75) is 12.6 Å². The minimum absolute atomic E-state index is 0.102. The Morgan fingerprint density at radius 1 is 1.47 bits per heavy atom. The first-order valence-electron chi connectivity index (χ1n) is 4.85. The number of fused-ring (bicyclic) bond motifs is 1. The highest BCUT2D eigenvalue weighted by Crippen LogP contribution is 2.30. The van der Waals surface area contributed by atoms with Crippen molar-refractivity contribution in [1.29, 1.82) is 0 Å². The molecule has 1 aliphatic carbocycles. The molecule has 1 saturated heterocycles. The summed E-state index contributed by atoms with van der Waals surface area (Å²) in [4.78, 5) is 26.2. The molecule has 0 aromatic heterocycles. The molecule has 0 aromatic carbocycles. The van der Waals surface area contributed by atoms with Crippen molar-refractivity contribution in [3.8, 4) is 0 Å². The summed E-state index contributed by atoms with van der Waals surface area (Å²) in [5.74, 6) is -3.62. The van der Waals surface area contributed by atoms with Gasteiger partial charge in [0.15, 0.2) is 0 Å². The van der Waals surface area contributed by atoms with Gasteiger partial charge >= 0.3 is 12.1 Å². The number of carbonyl (C=O) groups is 2. The predicted molar refractivity (Wildman–Crippen MR) is 49.2 cm³/mol. The summed E-state index contributed by atoms with van der Waals surface area (Å²) in [7, 11) is 0. The van der Waals surface area contributed by atoms with Gasteiger partial charge in [-0.25, -0.2) is 4.79 Å². The number of hydroxylamine groups is 2. The van der Waals surface area contributed by atoms with Gasteiger partial charge in [0.1, 0.15) is 0 Å². The molecule has 7 heteroatoms. The Kier molecular flexibility index (Phi) is 2.68. The van der Waals surface area contributed by atoms with Crippen LogP contribution in [0.1, 0.15) is 6.42 Å². The zero-order valence-corrected chi connectivity index (χ0v) is 8.53. The molecular formula is C10H8F3NO3. The van der Waals surface area contributed by atoms with Crippen molar-refractivity contribution in [2.24, 2.45) is 5.92 Å². The lowest BCUT2D eigenvalue weighted by atomic mass is 9.96. The van der Waals surface area contributed by atoms with E-state index in [0.29, 0.717) is 17.1 Å². The SMILES string of the molecule is O=C1C2C=CCC=C2CN1OC(=O)C(F)(F)F. The highest BCUT2D eigenvalue weighted by atomic mass is 19.4. The average Bonchev–Trinajstić information content (AvgIpc) is 2.55. The van der Waals surface area contributed by atoms with Gasteiger partial charge in [0, 0.05) is 0 Å². The van der Waals surface area contributed by atoms with E-state index in [0.717, 1.165) is 0 Å². The van der Waals surface area contributed by atoms with Crippen molar-refractivity contribution < 1.29 is 27.6 Å². The first-order chi connectivity index (χ1) is 7.89. The molecule has 1 unspecified atom stereocenters. The molecule has 4 nitrogen and oxygen atoms in total. The minimum atomic E-state index is -5.10. The zero-order chi connectivity index (χ0) is 12.6. The van der Waals surface area contributed by atoms with E-state index in [2.05, 4.69) is 4.84 Å². The number of allylic oxidation sites excluding steroid dienone is 2. The van der Waals surface area contributed by atoms with Crippen LogP contribution in [0, 0.1) is 5.92 Å². The zero-order valence-electron chi connectivity index (χ0n) is 8.53. The van der Waals surface area contributed by atoms with E-state index in [1.165, 1.54) is 0 Å². The van der Waals surface area contributed by atoms with Crippen molar-refractivity contribution in [1.82, 2.24) is 5.06 Å². The summed E-state index contributed by atoms with van der Waals surface area (Å²) >= 11 is 0. The van der Waals surface area contributed by atoms with Crippen molar-refractivity contribution in [3.05, 3.63) is 23.8 Å². The number of rotatable bonds is 1. The molecule has 1 heterocycles. The molecule has 0 N–H and O–H groups in total. The molecule has 2 rings (SSSR count). The van der Waals surface area contributed by atoms with Crippen LogP contribution < -0.4 is 0 Å². The molecule has 0 saturated carbocycles. The van der Waals surface area contributed by atoms with E-state index in [-0.39, 0.29) is 6.54 Å². The Balaban J connectivity index is 2.08. The van der Waals surface area contributed by atoms with E-state index in [1.807, 2.05) is 0 Å². The van der Waals surface area contributed by atoms with Gasteiger partial charge in [0.25, 0.3) is 5.91 Å². The van der Waals surface area contributed by atoms with E-state index in [9.17, 15) is 22.8 Å². The molecule has 92 valence electrons. The number of halogens is 3. The van der Waals surface area contributed by atoms with Crippen LogP contribution in [0.4, 0.5) is 13.2 Å². The Labute approximate surface area is 94.3 Å². The monoisotopic (exact) mass is 247 g/mol. The van der Waals surface area contributed by atoms with Gasteiger partial charge in [0.05, 0.1) is 12.5 Å². The van der Waals surface area contributed by atoms with Crippen LogP contribution in [0.3, 0.4) is 0 Å². The topological polar surface area (TPSA) is 46.6 Å². The molecule has 0 spiro atoms. The number of nitrogens with zero attached hydrogens (tertiary/aromatic N) is 1. The average molecular weight is 247 g/mol. The minimum Gasteiger partial charge on any atom is -0.329 e. The molecule has 1 fully saturated rings. The fourth-order valence-corrected chi connectivity index (χ4v) is 1.72. The lowest BCUT2D eigenvalue weighted by molar-refractivity contribution is -0.233. The largest absolute Gasteiger partial charge is 0.493 e. The Hall–Kier alpha value is -1.79. The Morgan fingerprint density at radius 2 is 2.18 bits per heavy atom. The van der Waals surface area contributed by atoms with Gasteiger partial charge in [-0.2, -0.15) is 18.2 Å². The van der Waals surface area contributed by atoms with E-state index >= 15 is 0 Å². The molecule has 1 atom stereocenters. The summed E-state index contributed by atoms with van der Waals surface area (Å²) in [6.07, 6.45) is 0.600.